The maximum atomic E-state index is 4.04. The highest BCUT2D eigenvalue weighted by Crippen LogP contribution is 2.59. The number of hydrogen-bond acceptors (Lipinski definition) is 2. The molecular formula is C36H36N2Si. The van der Waals surface area contributed by atoms with E-state index in [2.05, 4.69) is 144 Å². The summed E-state index contributed by atoms with van der Waals surface area (Å²) < 4.78 is 2.91. The van der Waals surface area contributed by atoms with Gasteiger partial charge in [0.15, 0.2) is 0 Å². The first-order chi connectivity index (χ1) is 19.1. The quantitative estimate of drug-likeness (QED) is 0.277. The lowest BCUT2D eigenvalue weighted by molar-refractivity contribution is 0.409. The van der Waals surface area contributed by atoms with Crippen molar-refractivity contribution in [3.05, 3.63) is 127 Å². The summed E-state index contributed by atoms with van der Waals surface area (Å²) in [7, 11) is -1.88. The lowest BCUT2D eigenvalue weighted by Gasteiger charge is -2.46. The highest BCUT2D eigenvalue weighted by atomic mass is 28.3. The summed E-state index contributed by atoms with van der Waals surface area (Å²) in [5.74, 6) is 2.51. The summed E-state index contributed by atoms with van der Waals surface area (Å²) in [4.78, 5) is 0. The standard InChI is InChI=1S/C36H36N2Si/c1-39(2,36-30-18-9-7-16-28(30)29-17-8-10-19-31(29)36)38-23-37-35-32(20-11-21-33(35)38)34-26-14-5-3-12-24(26)22-25-13-4-6-15-27(25)34/h3-22,28-31,33,35-37H,23H2,1-2H3/t28?,29?,30?,31?,33-,35?,36?/m1/s1. The van der Waals surface area contributed by atoms with Crippen molar-refractivity contribution in [2.75, 3.05) is 6.67 Å². The van der Waals surface area contributed by atoms with Crippen LogP contribution >= 0.6 is 0 Å². The Morgan fingerprint density at radius 2 is 1.26 bits per heavy atom. The first-order valence-corrected chi connectivity index (χ1v) is 17.6. The minimum absolute atomic E-state index is 0.299. The molecule has 1 N–H and O–H groups in total. The molecule has 1 saturated carbocycles. The molecule has 2 nitrogen and oxygen atoms in total. The molecule has 0 aromatic heterocycles. The van der Waals surface area contributed by atoms with Crippen LogP contribution in [-0.4, -0.2) is 31.6 Å². The molecule has 2 fully saturated rings. The second-order valence-electron chi connectivity index (χ2n) is 12.5. The minimum atomic E-state index is -1.88. The van der Waals surface area contributed by atoms with Crippen molar-refractivity contribution in [2.45, 2.75) is 30.7 Å². The van der Waals surface area contributed by atoms with Crippen LogP contribution in [-0.2, 0) is 0 Å². The van der Waals surface area contributed by atoms with E-state index in [0.717, 1.165) is 6.67 Å². The van der Waals surface area contributed by atoms with E-state index in [-0.39, 0.29) is 0 Å². The van der Waals surface area contributed by atoms with Gasteiger partial charge in [-0.2, -0.15) is 0 Å². The van der Waals surface area contributed by atoms with Gasteiger partial charge in [-0.25, -0.2) is 0 Å². The molecular weight excluding hydrogens is 488 g/mol. The molecule has 4 aliphatic carbocycles. The summed E-state index contributed by atoms with van der Waals surface area (Å²) in [6.45, 7) is 6.26. The van der Waals surface area contributed by atoms with Crippen LogP contribution in [0.5, 0.6) is 0 Å². The summed E-state index contributed by atoms with van der Waals surface area (Å²) >= 11 is 0. The van der Waals surface area contributed by atoms with E-state index >= 15 is 0 Å². The number of nitrogens with zero attached hydrogens (tertiary/aromatic N) is 1. The van der Waals surface area contributed by atoms with Gasteiger partial charge in [-0.1, -0.05) is 128 Å². The molecule has 5 unspecified atom stereocenters. The van der Waals surface area contributed by atoms with E-state index < -0.39 is 8.24 Å². The molecule has 3 aromatic rings. The third-order valence-corrected chi connectivity index (χ3v) is 14.8. The number of fused-ring (bicyclic) bond motifs is 6. The van der Waals surface area contributed by atoms with Crippen molar-refractivity contribution in [1.82, 2.24) is 9.88 Å². The zero-order valence-electron chi connectivity index (χ0n) is 22.7. The highest BCUT2D eigenvalue weighted by Gasteiger charge is 2.57. The average Bonchev–Trinajstić information content (AvgIpc) is 3.57. The van der Waals surface area contributed by atoms with Gasteiger partial charge in [0.25, 0.3) is 0 Å². The van der Waals surface area contributed by atoms with Crippen LogP contribution in [0.1, 0.15) is 5.56 Å². The topological polar surface area (TPSA) is 15.3 Å². The van der Waals surface area contributed by atoms with E-state index in [4.69, 9.17) is 0 Å². The monoisotopic (exact) mass is 524 g/mol. The van der Waals surface area contributed by atoms with Crippen LogP contribution in [0.3, 0.4) is 0 Å². The molecule has 0 amide bonds. The molecule has 1 aliphatic heterocycles. The lowest BCUT2D eigenvalue weighted by atomic mass is 9.83. The van der Waals surface area contributed by atoms with Crippen LogP contribution in [0.4, 0.5) is 0 Å². The Hall–Kier alpha value is -3.24. The number of hydrogen-bond donors (Lipinski definition) is 1. The largest absolute Gasteiger partial charge is 0.304 e. The van der Waals surface area contributed by atoms with Gasteiger partial charge < -0.3 is 4.57 Å². The third-order valence-electron chi connectivity index (χ3n) is 10.4. The van der Waals surface area contributed by atoms with E-state index in [1.165, 1.54) is 32.7 Å². The Morgan fingerprint density at radius 1 is 0.692 bits per heavy atom. The van der Waals surface area contributed by atoms with E-state index in [0.29, 0.717) is 41.3 Å². The van der Waals surface area contributed by atoms with Gasteiger partial charge in [0.2, 0.25) is 0 Å². The molecule has 8 rings (SSSR count). The second kappa shape index (κ2) is 8.89. The number of nitrogens with one attached hydrogen (secondary N) is 1. The SMILES string of the molecule is C[Si](C)(C1C2C=CC=CC2C2C=CC=CC21)N1CNC2C(c3c4ccccc4cc4ccccc34)=CC=C[C@H]21. The Morgan fingerprint density at radius 3 is 1.87 bits per heavy atom. The maximum absolute atomic E-state index is 4.04. The molecule has 0 radical (unpaired) electrons. The summed E-state index contributed by atoms with van der Waals surface area (Å²) in [6, 6.07) is 20.9. The first-order valence-electron chi connectivity index (χ1n) is 14.6. The molecule has 39 heavy (non-hydrogen) atoms. The smallest absolute Gasteiger partial charge is 0.128 e. The van der Waals surface area contributed by atoms with Gasteiger partial charge in [0, 0.05) is 12.7 Å². The van der Waals surface area contributed by atoms with Gasteiger partial charge in [0.05, 0.1) is 6.04 Å². The van der Waals surface area contributed by atoms with Crippen molar-refractivity contribution in [3.63, 3.8) is 0 Å². The van der Waals surface area contributed by atoms with Gasteiger partial charge in [-0.05, 0) is 68.0 Å². The predicted octanol–water partition coefficient (Wildman–Crippen LogP) is 7.85. The van der Waals surface area contributed by atoms with Crippen LogP contribution in [0.25, 0.3) is 27.1 Å². The Labute approximate surface area is 232 Å². The fraction of sp³-hybridized carbons (Fsp3) is 0.278. The van der Waals surface area contributed by atoms with E-state index in [9.17, 15) is 0 Å². The van der Waals surface area contributed by atoms with Crippen LogP contribution in [0.15, 0.2) is 121 Å². The summed E-state index contributed by atoms with van der Waals surface area (Å²) in [5.41, 5.74) is 3.53. The molecule has 3 heteroatoms. The molecule has 0 spiro atoms. The normalized spacial score (nSPS) is 33.0. The Balaban J connectivity index is 1.20. The molecule has 3 aromatic carbocycles. The number of rotatable bonds is 3. The van der Waals surface area contributed by atoms with Gasteiger partial charge >= 0.3 is 0 Å². The molecule has 6 atom stereocenters. The maximum Gasteiger partial charge on any atom is 0.128 e. The Bertz CT molecular complexity index is 1570. The molecule has 5 aliphatic rings. The fourth-order valence-electron chi connectivity index (χ4n) is 8.80. The highest BCUT2D eigenvalue weighted by molar-refractivity contribution is 6.76. The lowest BCUT2D eigenvalue weighted by Crippen LogP contribution is -2.57. The van der Waals surface area contributed by atoms with Crippen molar-refractivity contribution in [3.8, 4) is 0 Å². The van der Waals surface area contributed by atoms with E-state index in [1.807, 2.05) is 0 Å². The van der Waals surface area contributed by atoms with Gasteiger partial charge in [-0.15, -0.1) is 0 Å². The summed E-state index contributed by atoms with van der Waals surface area (Å²) in [5, 5.41) is 9.39. The van der Waals surface area contributed by atoms with Crippen molar-refractivity contribution >= 4 is 35.4 Å². The van der Waals surface area contributed by atoms with Crippen molar-refractivity contribution in [2.24, 2.45) is 23.7 Å². The van der Waals surface area contributed by atoms with Crippen LogP contribution in [0.2, 0.25) is 18.6 Å². The van der Waals surface area contributed by atoms with Crippen LogP contribution in [0, 0.1) is 23.7 Å². The second-order valence-corrected chi connectivity index (χ2v) is 17.1. The predicted molar refractivity (Wildman–Crippen MR) is 168 cm³/mol. The van der Waals surface area contributed by atoms with Gasteiger partial charge in [0.1, 0.15) is 8.24 Å². The Kier molecular flexibility index (Phi) is 5.38. The van der Waals surface area contributed by atoms with Crippen LogP contribution < -0.4 is 5.32 Å². The molecule has 1 heterocycles. The molecule has 194 valence electrons. The summed E-state index contributed by atoms with van der Waals surface area (Å²) in [6.07, 6.45) is 26.4. The van der Waals surface area contributed by atoms with E-state index in [1.54, 1.807) is 0 Å². The fourth-order valence-corrected chi connectivity index (χ4v) is 13.2. The zero-order valence-corrected chi connectivity index (χ0v) is 23.7. The third kappa shape index (κ3) is 3.46. The molecule has 0 bridgehead atoms. The average molecular weight is 525 g/mol. The van der Waals surface area contributed by atoms with Crippen molar-refractivity contribution in [1.29, 1.82) is 0 Å². The number of benzene rings is 3. The number of allylic oxidation sites excluding steroid dienone is 10. The van der Waals surface area contributed by atoms with Gasteiger partial charge in [-0.3, -0.25) is 5.32 Å². The minimum Gasteiger partial charge on any atom is -0.304 e. The zero-order chi connectivity index (χ0) is 26.1. The molecule has 1 saturated heterocycles. The first kappa shape index (κ1) is 23.6. The van der Waals surface area contributed by atoms with Crippen molar-refractivity contribution < 1.29 is 0 Å².